The lowest BCUT2D eigenvalue weighted by atomic mass is 9.85. The third-order valence-corrected chi connectivity index (χ3v) is 19.3. The minimum absolute atomic E-state index is 0.0232. The third-order valence-electron chi connectivity index (χ3n) is 15.3. The Morgan fingerprint density at radius 3 is 1.38 bits per heavy atom. The second kappa shape index (κ2) is 43.3. The number of ketones is 1. The molecule has 0 aromatic heterocycles. The predicted octanol–water partition coefficient (Wildman–Crippen LogP) is 7.53. The number of benzene rings is 4. The molecule has 524 valence electrons. The van der Waals surface area contributed by atoms with E-state index in [2.05, 4.69) is 29.9 Å². The average molecular weight is 1430 g/mol. The minimum Gasteiger partial charge on any atom is -0.379 e. The number of sulfonamides is 2. The van der Waals surface area contributed by atoms with E-state index in [0.29, 0.717) is 125 Å². The number of urea groups is 1. The van der Waals surface area contributed by atoms with Crippen molar-refractivity contribution in [3.63, 3.8) is 0 Å². The molecule has 29 heteroatoms. The molecule has 0 spiro atoms. The highest BCUT2D eigenvalue weighted by Gasteiger charge is 2.30. The van der Waals surface area contributed by atoms with Crippen molar-refractivity contribution >= 4 is 84.2 Å². The second-order valence-corrected chi connectivity index (χ2v) is 27.7. The molecule has 6 rings (SSSR count). The van der Waals surface area contributed by atoms with Gasteiger partial charge < -0.3 is 68.0 Å². The van der Waals surface area contributed by atoms with Crippen LogP contribution in [0.3, 0.4) is 0 Å². The first-order valence-electron chi connectivity index (χ1n) is 31.9. The second-order valence-electron chi connectivity index (χ2n) is 22.5. The summed E-state index contributed by atoms with van der Waals surface area (Å²) in [5.41, 5.74) is 5.59. The lowest BCUT2D eigenvalue weighted by molar-refractivity contribution is -0.133. The van der Waals surface area contributed by atoms with Gasteiger partial charge in [0.15, 0.2) is 0 Å². The van der Waals surface area contributed by atoms with Crippen LogP contribution in [0.1, 0.15) is 84.2 Å². The van der Waals surface area contributed by atoms with Crippen LogP contribution in [0.25, 0.3) is 0 Å². The normalized spacial score (nSPS) is 15.2. The molecule has 23 nitrogen and oxygen atoms in total. The van der Waals surface area contributed by atoms with Crippen molar-refractivity contribution < 1.29 is 73.9 Å². The Morgan fingerprint density at radius 2 is 0.904 bits per heavy atom. The van der Waals surface area contributed by atoms with Gasteiger partial charge in [0.2, 0.25) is 26.0 Å². The predicted molar refractivity (Wildman–Crippen MR) is 362 cm³/mol. The molecule has 0 saturated carbocycles. The smallest absolute Gasteiger partial charge is 0.314 e. The van der Waals surface area contributed by atoms with Crippen LogP contribution in [-0.2, 0) is 85.4 Å². The highest BCUT2D eigenvalue weighted by molar-refractivity contribution is 7.89. The number of nitrogens with zero attached hydrogens (tertiary/aromatic N) is 3. The van der Waals surface area contributed by atoms with Crippen LogP contribution in [0.2, 0.25) is 20.1 Å². The van der Waals surface area contributed by atoms with Crippen molar-refractivity contribution in [3.05, 3.63) is 126 Å². The Bertz CT molecular complexity index is 3010. The van der Waals surface area contributed by atoms with E-state index in [9.17, 15) is 31.2 Å². The number of fused-ring (bicyclic) bond motifs is 2. The van der Waals surface area contributed by atoms with Crippen molar-refractivity contribution in [1.29, 1.82) is 0 Å². The fourth-order valence-corrected chi connectivity index (χ4v) is 13.9. The summed E-state index contributed by atoms with van der Waals surface area (Å²) in [5, 5.41) is 7.72. The number of nitrogens with one attached hydrogen (secondary N) is 4. The molecule has 4 aromatic rings. The molecule has 0 unspecified atom stereocenters. The molecule has 94 heavy (non-hydrogen) atoms. The van der Waals surface area contributed by atoms with Gasteiger partial charge in [0.05, 0.1) is 122 Å². The first-order chi connectivity index (χ1) is 45.3. The summed E-state index contributed by atoms with van der Waals surface area (Å²) in [4.78, 5) is 45.2. The molecule has 2 heterocycles. The molecule has 2 aliphatic heterocycles. The van der Waals surface area contributed by atoms with Gasteiger partial charge in [-0.15, -0.1) is 0 Å². The number of halogens is 4. The first-order valence-corrected chi connectivity index (χ1v) is 36.4. The van der Waals surface area contributed by atoms with Gasteiger partial charge in [-0.05, 0) is 116 Å². The van der Waals surface area contributed by atoms with Gasteiger partial charge in [0.1, 0.15) is 5.78 Å². The lowest BCUT2D eigenvalue weighted by Gasteiger charge is -2.33. The summed E-state index contributed by atoms with van der Waals surface area (Å²) < 4.78 is 108. The summed E-state index contributed by atoms with van der Waals surface area (Å²) in [5.74, 6) is -0.401. The number of rotatable bonds is 48. The van der Waals surface area contributed by atoms with E-state index in [4.69, 9.17) is 89.0 Å². The largest absolute Gasteiger partial charge is 0.379 e. The standard InChI is InChI=1S/C65H93Cl4N7O16S2/c1-4-84-27-28-90-35-36-92-38-37-91-34-30-86-23-15-64(78)76(20-7-11-53(77)12-8-22-85-29-31-88-25-18-72-93(80,81)54-13-5-9-49(39-54)58-45-74(2)47-60-56(58)41-51(66)43-62(60)68)21-16-70-65(79)71-17-24-87-32-33-89-26-19-73-94(82,83)55-14-6-10-50(40-55)59-46-75(3)48-61-57(59)42-52(67)44-63(61)69/h5-6,9-10,13-14,39-44,58-59,72-73H,4,7-8,11-12,15-38,45-48H2,1-3H3,(H2,70,71,79)/t58-,59-/m0/s1. The fourth-order valence-electron chi connectivity index (χ4n) is 10.6. The average Bonchev–Trinajstić information content (AvgIpc) is 0.786. The molecular weight excluding hydrogens is 1340 g/mol. The maximum absolute atomic E-state index is 13.4. The lowest BCUT2D eigenvalue weighted by Crippen LogP contribution is -2.43. The van der Waals surface area contributed by atoms with Crippen LogP contribution in [-0.4, -0.2) is 235 Å². The van der Waals surface area contributed by atoms with E-state index in [1.807, 2.05) is 45.3 Å². The van der Waals surface area contributed by atoms with E-state index in [1.165, 1.54) is 0 Å². The molecule has 2 aliphatic rings. The number of Topliss-reactive ketones (excluding diaryl/α,β-unsaturated/α-hetero) is 1. The van der Waals surface area contributed by atoms with E-state index < -0.39 is 26.1 Å². The molecule has 4 N–H and O–H groups in total. The molecular formula is C65H93Cl4N7O16S2. The maximum Gasteiger partial charge on any atom is 0.314 e. The van der Waals surface area contributed by atoms with Crippen LogP contribution in [0, 0.1) is 0 Å². The number of ether oxygens (including phenoxy) is 9. The van der Waals surface area contributed by atoms with Crippen molar-refractivity contribution in [2.45, 2.75) is 73.7 Å². The van der Waals surface area contributed by atoms with Gasteiger partial charge >= 0.3 is 6.03 Å². The topological polar surface area (TPSA) is 260 Å². The minimum atomic E-state index is -3.84. The van der Waals surface area contributed by atoms with Crippen molar-refractivity contribution in [1.82, 2.24) is 34.8 Å². The van der Waals surface area contributed by atoms with E-state index in [-0.39, 0.29) is 145 Å². The van der Waals surface area contributed by atoms with Crippen LogP contribution < -0.4 is 20.1 Å². The Kier molecular flexibility index (Phi) is 36.3. The summed E-state index contributed by atoms with van der Waals surface area (Å²) in [6.07, 6.45) is 1.54. The molecule has 4 aromatic carbocycles. The fraction of sp³-hybridized carbons (Fsp3) is 0.585. The monoisotopic (exact) mass is 1430 g/mol. The van der Waals surface area contributed by atoms with Crippen molar-refractivity contribution in [2.24, 2.45) is 0 Å². The van der Waals surface area contributed by atoms with Gasteiger partial charge in [0.25, 0.3) is 0 Å². The van der Waals surface area contributed by atoms with Crippen LogP contribution in [0.15, 0.2) is 82.6 Å². The molecule has 0 bridgehead atoms. The number of hydrogen-bond donors (Lipinski definition) is 4. The zero-order chi connectivity index (χ0) is 67.6. The Morgan fingerprint density at radius 1 is 0.489 bits per heavy atom. The maximum atomic E-state index is 13.4. The molecule has 3 amide bonds. The van der Waals surface area contributed by atoms with Gasteiger partial charge in [-0.25, -0.2) is 31.1 Å². The number of amides is 3. The number of likely N-dealkylation sites (N-methyl/N-ethyl adjacent to an activating group) is 2. The van der Waals surface area contributed by atoms with Crippen LogP contribution in [0.5, 0.6) is 0 Å². The summed E-state index contributed by atoms with van der Waals surface area (Å²) in [6, 6.07) is 20.5. The highest BCUT2D eigenvalue weighted by Crippen LogP contribution is 2.40. The SMILES string of the molecule is CCOCCOCCOCCOCCOCCC(=O)N(CCCC(=O)CCCOCCOCCNS(=O)(=O)c1cccc([C@@H]2CN(C)Cc3c(Cl)cc(Cl)cc32)c1)CCNC(=O)NCCOCCOCCNS(=O)(=O)c1cccc([C@@H]2CN(C)Cc3c(Cl)cc(Cl)cc32)c1. The molecule has 2 atom stereocenters. The highest BCUT2D eigenvalue weighted by atomic mass is 35.5. The summed E-state index contributed by atoms with van der Waals surface area (Å²) in [6.45, 7) is 11.4. The Hall–Kier alpha value is -4.17. The zero-order valence-electron chi connectivity index (χ0n) is 54.1. The number of carbonyl (C=O) groups excluding carboxylic acids is 3. The number of hydrogen-bond acceptors (Lipinski definition) is 18. The van der Waals surface area contributed by atoms with Gasteiger partial charge in [-0.3, -0.25) is 9.59 Å². The van der Waals surface area contributed by atoms with Crippen molar-refractivity contribution in [2.75, 3.05) is 185 Å². The van der Waals surface area contributed by atoms with E-state index in [1.54, 1.807) is 53.4 Å². The van der Waals surface area contributed by atoms with E-state index in [0.717, 1.165) is 33.4 Å². The quantitative estimate of drug-likeness (QED) is 0.0312. The third kappa shape index (κ3) is 28.4. The van der Waals surface area contributed by atoms with Gasteiger partial charge in [-0.2, -0.15) is 0 Å². The molecule has 0 radical (unpaired) electrons. The van der Waals surface area contributed by atoms with Crippen LogP contribution >= 0.6 is 46.4 Å². The Labute approximate surface area is 574 Å². The zero-order valence-corrected chi connectivity index (χ0v) is 58.8. The van der Waals surface area contributed by atoms with Crippen molar-refractivity contribution in [3.8, 4) is 0 Å². The Balaban J connectivity index is 0.815. The summed E-state index contributed by atoms with van der Waals surface area (Å²) >= 11 is 25.8. The molecule has 0 aliphatic carbocycles. The summed E-state index contributed by atoms with van der Waals surface area (Å²) in [7, 11) is -3.68. The van der Waals surface area contributed by atoms with Gasteiger partial charge in [0, 0.05) is 123 Å². The molecule has 0 saturated heterocycles. The van der Waals surface area contributed by atoms with E-state index >= 15 is 0 Å². The molecule has 0 fully saturated rings. The first kappa shape index (κ1) is 78.8. The van der Waals surface area contributed by atoms with Gasteiger partial charge in [-0.1, -0.05) is 70.7 Å². The number of carbonyl (C=O) groups is 3. The van der Waals surface area contributed by atoms with Crippen LogP contribution in [0.4, 0.5) is 4.79 Å².